The van der Waals surface area contributed by atoms with Crippen LogP contribution in [0.3, 0.4) is 0 Å². The van der Waals surface area contributed by atoms with E-state index in [1.54, 1.807) is 13.2 Å². The number of phenolic OH excluding ortho intramolecular Hbond substituents is 2. The molecule has 0 spiro atoms. The number of hydrogen-bond donors (Lipinski definition) is 4. The summed E-state index contributed by atoms with van der Waals surface area (Å²) in [6, 6.07) is 1.64. The molecule has 1 aromatic carbocycles. The maximum atomic E-state index is 12.1. The highest BCUT2D eigenvalue weighted by Crippen LogP contribution is 2.34. The van der Waals surface area contributed by atoms with E-state index in [0.717, 1.165) is 0 Å². The maximum absolute atomic E-state index is 12.1. The number of hydrogen-bond acceptors (Lipinski definition) is 7. The number of phenols is 2. The number of aryl methyl sites for hydroxylation is 1. The lowest BCUT2D eigenvalue weighted by Gasteiger charge is -2.14. The Bertz CT molecular complexity index is 890. The van der Waals surface area contributed by atoms with Crippen molar-refractivity contribution in [2.75, 3.05) is 12.0 Å². The van der Waals surface area contributed by atoms with Crippen molar-refractivity contribution in [2.45, 2.75) is 19.4 Å². The molecule has 0 aliphatic rings. The number of rotatable bonds is 6. The Morgan fingerprint density at radius 2 is 2.00 bits per heavy atom. The molecule has 1 unspecified atom stereocenters. The zero-order valence-corrected chi connectivity index (χ0v) is 14.3. The molecule has 0 fully saturated rings. The first-order valence-electron chi connectivity index (χ1n) is 7.24. The minimum absolute atomic E-state index is 0.0587. The quantitative estimate of drug-likeness (QED) is 0.438. The number of nitrogens with one attached hydrogen (secondary N) is 1. The van der Waals surface area contributed by atoms with Gasteiger partial charge in [-0.3, -0.25) is 4.79 Å². The van der Waals surface area contributed by atoms with Crippen molar-refractivity contribution in [3.63, 3.8) is 0 Å². The van der Waals surface area contributed by atoms with Crippen LogP contribution >= 0.6 is 11.8 Å². The van der Waals surface area contributed by atoms with Crippen LogP contribution in [0.5, 0.6) is 11.5 Å². The van der Waals surface area contributed by atoms with Crippen molar-refractivity contribution in [2.24, 2.45) is 0 Å². The molecular weight excluding hydrogens is 350 g/mol. The predicted molar refractivity (Wildman–Crippen MR) is 92.2 cm³/mol. The number of aliphatic carboxylic acids is 1. The number of fused-ring (bicyclic) bond motifs is 1. The summed E-state index contributed by atoms with van der Waals surface area (Å²) in [5.74, 6) is -2.58. The summed E-state index contributed by atoms with van der Waals surface area (Å²) in [7, 11) is 0. The minimum atomic E-state index is -1.16. The Labute approximate surface area is 146 Å². The van der Waals surface area contributed by atoms with Crippen molar-refractivity contribution >= 4 is 34.6 Å². The van der Waals surface area contributed by atoms with E-state index in [-0.39, 0.29) is 23.3 Å². The topological polar surface area (TPSA) is 137 Å². The standard InChI is InChI=1S/C16H17NO7S/c1-7-8-3-4-11(18)13(20)14(8)24-16(23)9(7)5-12(19)17-10(6-25-2)15(21)22/h3-4,10,18,20H,5-6H2,1-2H3,(H,17,19)(H,21,22). The molecule has 1 aromatic heterocycles. The van der Waals surface area contributed by atoms with Gasteiger partial charge in [0, 0.05) is 11.1 Å². The normalized spacial score (nSPS) is 12.1. The zero-order valence-electron chi connectivity index (χ0n) is 13.5. The molecule has 0 radical (unpaired) electrons. The van der Waals surface area contributed by atoms with Gasteiger partial charge in [-0.15, -0.1) is 0 Å². The number of carboxylic acids is 1. The van der Waals surface area contributed by atoms with Crippen LogP contribution in [0.4, 0.5) is 0 Å². The lowest BCUT2D eigenvalue weighted by atomic mass is 10.0. The SMILES string of the molecule is CSCC(NC(=O)Cc1c(C)c2ccc(O)c(O)c2oc1=O)C(=O)O. The maximum Gasteiger partial charge on any atom is 0.340 e. The zero-order chi connectivity index (χ0) is 18.7. The average molecular weight is 367 g/mol. The molecule has 9 heteroatoms. The second-order valence-electron chi connectivity index (χ2n) is 5.39. The van der Waals surface area contributed by atoms with E-state index >= 15 is 0 Å². The number of thioether (sulfide) groups is 1. The van der Waals surface area contributed by atoms with Gasteiger partial charge in [-0.2, -0.15) is 11.8 Å². The largest absolute Gasteiger partial charge is 0.504 e. The van der Waals surface area contributed by atoms with Gasteiger partial charge in [0.1, 0.15) is 6.04 Å². The molecule has 1 heterocycles. The molecule has 0 saturated heterocycles. The molecule has 1 atom stereocenters. The first-order valence-corrected chi connectivity index (χ1v) is 8.64. The first-order chi connectivity index (χ1) is 11.8. The highest BCUT2D eigenvalue weighted by molar-refractivity contribution is 7.98. The molecular formula is C16H17NO7S. The Hall–Kier alpha value is -2.68. The van der Waals surface area contributed by atoms with Gasteiger partial charge in [0.25, 0.3) is 0 Å². The minimum Gasteiger partial charge on any atom is -0.504 e. The highest BCUT2D eigenvalue weighted by atomic mass is 32.2. The summed E-state index contributed by atoms with van der Waals surface area (Å²) in [4.78, 5) is 35.3. The lowest BCUT2D eigenvalue weighted by molar-refractivity contribution is -0.141. The van der Waals surface area contributed by atoms with Crippen LogP contribution in [0.2, 0.25) is 0 Å². The van der Waals surface area contributed by atoms with Crippen LogP contribution in [0, 0.1) is 6.92 Å². The molecule has 2 rings (SSSR count). The van der Waals surface area contributed by atoms with E-state index in [1.165, 1.54) is 23.9 Å². The number of carbonyl (C=O) groups excluding carboxylic acids is 1. The Balaban J connectivity index is 2.35. The second kappa shape index (κ2) is 7.47. The molecule has 134 valence electrons. The Morgan fingerprint density at radius 1 is 1.32 bits per heavy atom. The molecule has 2 aromatic rings. The van der Waals surface area contributed by atoms with Crippen LogP contribution in [-0.2, 0) is 16.0 Å². The van der Waals surface area contributed by atoms with Crippen molar-refractivity contribution in [1.29, 1.82) is 0 Å². The number of carbonyl (C=O) groups is 2. The third kappa shape index (κ3) is 3.87. The van der Waals surface area contributed by atoms with E-state index in [4.69, 9.17) is 9.52 Å². The van der Waals surface area contributed by atoms with Gasteiger partial charge >= 0.3 is 11.6 Å². The van der Waals surface area contributed by atoms with Gasteiger partial charge in [0.2, 0.25) is 11.7 Å². The Kier molecular flexibility index (Phi) is 5.58. The Morgan fingerprint density at radius 3 is 2.60 bits per heavy atom. The fourth-order valence-electron chi connectivity index (χ4n) is 2.38. The average Bonchev–Trinajstić information content (AvgIpc) is 2.55. The van der Waals surface area contributed by atoms with Gasteiger partial charge < -0.3 is 25.1 Å². The summed E-state index contributed by atoms with van der Waals surface area (Å²) in [5, 5.41) is 31.1. The molecule has 0 aliphatic heterocycles. The molecule has 0 bridgehead atoms. The van der Waals surface area contributed by atoms with Gasteiger partial charge in [-0.05, 0) is 30.9 Å². The number of carboxylic acid groups (broad SMARTS) is 1. The molecule has 0 saturated carbocycles. The number of amides is 1. The molecule has 0 aliphatic carbocycles. The molecule has 25 heavy (non-hydrogen) atoms. The molecule has 1 amide bonds. The third-order valence-corrected chi connectivity index (χ3v) is 4.38. The molecule has 4 N–H and O–H groups in total. The summed E-state index contributed by atoms with van der Waals surface area (Å²) < 4.78 is 5.02. The number of aromatic hydroxyl groups is 2. The van der Waals surface area contributed by atoms with Crippen molar-refractivity contribution in [1.82, 2.24) is 5.32 Å². The summed E-state index contributed by atoms with van der Waals surface area (Å²) >= 11 is 1.27. The van der Waals surface area contributed by atoms with Gasteiger partial charge in [-0.25, -0.2) is 9.59 Å². The smallest absolute Gasteiger partial charge is 0.340 e. The van der Waals surface area contributed by atoms with E-state index in [0.29, 0.717) is 10.9 Å². The predicted octanol–water partition coefficient (Wildman–Crippen LogP) is 0.988. The van der Waals surface area contributed by atoms with E-state index < -0.39 is 35.0 Å². The van der Waals surface area contributed by atoms with Crippen LogP contribution < -0.4 is 10.9 Å². The van der Waals surface area contributed by atoms with Crippen molar-refractivity contribution in [3.05, 3.63) is 33.7 Å². The molecule has 8 nitrogen and oxygen atoms in total. The van der Waals surface area contributed by atoms with E-state index in [2.05, 4.69) is 5.32 Å². The van der Waals surface area contributed by atoms with E-state index in [1.807, 2.05) is 0 Å². The monoisotopic (exact) mass is 367 g/mol. The summed E-state index contributed by atoms with van der Waals surface area (Å²) in [5.41, 5.74) is -0.535. The van der Waals surface area contributed by atoms with Crippen LogP contribution in [-0.4, -0.2) is 45.2 Å². The fourth-order valence-corrected chi connectivity index (χ4v) is 2.94. The van der Waals surface area contributed by atoms with Gasteiger partial charge in [0.05, 0.1) is 12.0 Å². The van der Waals surface area contributed by atoms with Crippen LogP contribution in [0.1, 0.15) is 11.1 Å². The second-order valence-corrected chi connectivity index (χ2v) is 6.30. The highest BCUT2D eigenvalue weighted by Gasteiger charge is 2.22. The van der Waals surface area contributed by atoms with Crippen LogP contribution in [0.15, 0.2) is 21.3 Å². The summed E-state index contributed by atoms with van der Waals surface area (Å²) in [6.07, 6.45) is 1.36. The lowest BCUT2D eigenvalue weighted by Crippen LogP contribution is -2.43. The van der Waals surface area contributed by atoms with Crippen molar-refractivity contribution < 1.29 is 29.3 Å². The van der Waals surface area contributed by atoms with Gasteiger partial charge in [-0.1, -0.05) is 0 Å². The van der Waals surface area contributed by atoms with E-state index in [9.17, 15) is 24.6 Å². The van der Waals surface area contributed by atoms with Crippen LogP contribution in [0.25, 0.3) is 11.0 Å². The van der Waals surface area contributed by atoms with Crippen molar-refractivity contribution in [3.8, 4) is 11.5 Å². The first kappa shape index (κ1) is 18.7. The fraction of sp³-hybridized carbons (Fsp3) is 0.312. The number of benzene rings is 1. The van der Waals surface area contributed by atoms with Gasteiger partial charge in [0.15, 0.2) is 11.3 Å². The third-order valence-electron chi connectivity index (χ3n) is 3.71. The summed E-state index contributed by atoms with van der Waals surface area (Å²) in [6.45, 7) is 1.58.